The van der Waals surface area contributed by atoms with Gasteiger partial charge in [-0.1, -0.05) is 28.1 Å². The molecule has 0 aliphatic rings. The molecule has 2 rings (SSSR count). The minimum Gasteiger partial charge on any atom is -0.204 e. The first-order valence-electron chi connectivity index (χ1n) is 4.89. The molecule has 0 saturated carbocycles. The number of hydrogen-bond acceptors (Lipinski definition) is 1. The molecule has 0 spiro atoms. The highest BCUT2D eigenvalue weighted by Crippen LogP contribution is 2.31. The zero-order valence-electron chi connectivity index (χ0n) is 8.59. The molecule has 0 N–H and O–H groups in total. The van der Waals surface area contributed by atoms with Crippen LogP contribution in [0.15, 0.2) is 29.6 Å². The first kappa shape index (κ1) is 12.6. The molecular weight excluding hydrogens is 313 g/mol. The van der Waals surface area contributed by atoms with Crippen molar-refractivity contribution in [3.05, 3.63) is 57.5 Å². The summed E-state index contributed by atoms with van der Waals surface area (Å²) in [5.41, 5.74) is 0.136. The summed E-state index contributed by atoms with van der Waals surface area (Å²) in [6, 6.07) is 6.01. The van der Waals surface area contributed by atoms with Gasteiger partial charge in [-0.25, -0.2) is 13.2 Å². The number of rotatable bonds is 3. The molecule has 90 valence electrons. The molecule has 1 aromatic heterocycles. The summed E-state index contributed by atoms with van der Waals surface area (Å²) >= 11 is 4.83. The van der Waals surface area contributed by atoms with E-state index >= 15 is 0 Å². The molecule has 0 amide bonds. The van der Waals surface area contributed by atoms with Crippen molar-refractivity contribution in [2.75, 3.05) is 0 Å². The molecule has 0 aliphatic heterocycles. The van der Waals surface area contributed by atoms with Crippen LogP contribution in [0.1, 0.15) is 15.3 Å². The summed E-state index contributed by atoms with van der Waals surface area (Å²) in [6.07, 6.45) is 0.541. The van der Waals surface area contributed by atoms with E-state index < -0.39 is 17.5 Å². The third kappa shape index (κ3) is 2.72. The second-order valence-electron chi connectivity index (χ2n) is 3.52. The molecule has 0 fully saturated rings. The van der Waals surface area contributed by atoms with Crippen molar-refractivity contribution in [1.82, 2.24) is 0 Å². The van der Waals surface area contributed by atoms with Crippen molar-refractivity contribution < 1.29 is 13.2 Å². The van der Waals surface area contributed by atoms with E-state index in [-0.39, 0.29) is 10.4 Å². The third-order valence-corrected chi connectivity index (χ3v) is 4.08. The van der Waals surface area contributed by atoms with Gasteiger partial charge in [0.1, 0.15) is 0 Å². The van der Waals surface area contributed by atoms with Gasteiger partial charge in [0.05, 0.1) is 0 Å². The van der Waals surface area contributed by atoms with Crippen molar-refractivity contribution in [3.63, 3.8) is 0 Å². The van der Waals surface area contributed by atoms with Crippen molar-refractivity contribution in [2.24, 2.45) is 0 Å². The molecule has 17 heavy (non-hydrogen) atoms. The van der Waals surface area contributed by atoms with Gasteiger partial charge in [-0.3, -0.25) is 0 Å². The van der Waals surface area contributed by atoms with E-state index in [0.717, 1.165) is 10.9 Å². The van der Waals surface area contributed by atoms with Gasteiger partial charge < -0.3 is 0 Å². The van der Waals surface area contributed by atoms with Crippen LogP contribution in [0.5, 0.6) is 0 Å². The highest BCUT2D eigenvalue weighted by atomic mass is 79.9. The standard InChI is InChI=1S/C12H8BrF3S/c13-9(6-7-2-1-5-17-7)8-3-4-10(14)12(16)11(8)15/h1-5,9H,6H2. The number of halogens is 4. The van der Waals surface area contributed by atoms with Crippen molar-refractivity contribution in [2.45, 2.75) is 11.2 Å². The Labute approximate surface area is 109 Å². The summed E-state index contributed by atoms with van der Waals surface area (Å²) in [7, 11) is 0. The van der Waals surface area contributed by atoms with Crippen LogP contribution in [0.25, 0.3) is 0 Å². The van der Waals surface area contributed by atoms with Gasteiger partial charge >= 0.3 is 0 Å². The molecule has 1 aromatic carbocycles. The highest BCUT2D eigenvalue weighted by molar-refractivity contribution is 9.09. The smallest absolute Gasteiger partial charge is 0.194 e. The largest absolute Gasteiger partial charge is 0.204 e. The Kier molecular flexibility index (Phi) is 3.89. The minimum atomic E-state index is -1.42. The normalized spacial score (nSPS) is 12.7. The molecule has 2 aromatic rings. The number of thiophene rings is 1. The summed E-state index contributed by atoms with van der Waals surface area (Å²) in [5, 5.41) is 1.91. The summed E-state index contributed by atoms with van der Waals surface area (Å²) in [6.45, 7) is 0. The quantitative estimate of drug-likeness (QED) is 0.560. The van der Waals surface area contributed by atoms with Gasteiger partial charge in [-0.05, 0) is 23.9 Å². The van der Waals surface area contributed by atoms with Crippen LogP contribution in [-0.2, 0) is 6.42 Å². The van der Waals surface area contributed by atoms with Gasteiger partial charge in [0, 0.05) is 15.3 Å². The second kappa shape index (κ2) is 5.23. The fourth-order valence-electron chi connectivity index (χ4n) is 1.50. The van der Waals surface area contributed by atoms with Crippen LogP contribution >= 0.6 is 27.3 Å². The maximum atomic E-state index is 13.5. The number of hydrogen-bond donors (Lipinski definition) is 0. The van der Waals surface area contributed by atoms with Gasteiger partial charge in [0.15, 0.2) is 17.5 Å². The molecule has 0 radical (unpaired) electrons. The van der Waals surface area contributed by atoms with Crippen LogP contribution in [0.4, 0.5) is 13.2 Å². The van der Waals surface area contributed by atoms with Crippen molar-refractivity contribution >= 4 is 27.3 Å². The predicted octanol–water partition coefficient (Wildman–Crippen LogP) is 4.84. The van der Waals surface area contributed by atoms with E-state index in [9.17, 15) is 13.2 Å². The Morgan fingerprint density at radius 2 is 1.88 bits per heavy atom. The van der Waals surface area contributed by atoms with E-state index in [0.29, 0.717) is 6.42 Å². The fourth-order valence-corrected chi connectivity index (χ4v) is 3.17. The Morgan fingerprint density at radius 1 is 1.12 bits per heavy atom. The third-order valence-electron chi connectivity index (χ3n) is 2.36. The Morgan fingerprint density at radius 3 is 2.53 bits per heavy atom. The lowest BCUT2D eigenvalue weighted by Gasteiger charge is -2.10. The van der Waals surface area contributed by atoms with Crippen molar-refractivity contribution in [3.8, 4) is 0 Å². The Bertz CT molecular complexity index is 511. The van der Waals surface area contributed by atoms with Gasteiger partial charge in [-0.2, -0.15) is 0 Å². The van der Waals surface area contributed by atoms with Crippen LogP contribution < -0.4 is 0 Å². The van der Waals surface area contributed by atoms with Gasteiger partial charge in [0.25, 0.3) is 0 Å². The average Bonchev–Trinajstić information content (AvgIpc) is 2.78. The number of benzene rings is 1. The van der Waals surface area contributed by atoms with E-state index in [2.05, 4.69) is 15.9 Å². The van der Waals surface area contributed by atoms with Crippen molar-refractivity contribution in [1.29, 1.82) is 0 Å². The lowest BCUT2D eigenvalue weighted by atomic mass is 10.1. The molecule has 1 unspecified atom stereocenters. The van der Waals surface area contributed by atoms with E-state index in [1.807, 2.05) is 17.5 Å². The zero-order valence-corrected chi connectivity index (χ0v) is 11.0. The molecule has 0 aliphatic carbocycles. The number of alkyl halides is 1. The topological polar surface area (TPSA) is 0 Å². The molecule has 5 heteroatoms. The fraction of sp³-hybridized carbons (Fsp3) is 0.167. The van der Waals surface area contributed by atoms with Gasteiger partial charge in [0.2, 0.25) is 0 Å². The van der Waals surface area contributed by atoms with Crippen LogP contribution in [0, 0.1) is 17.5 Å². The second-order valence-corrected chi connectivity index (χ2v) is 5.65. The Hall–Kier alpha value is -0.810. The summed E-state index contributed by atoms with van der Waals surface area (Å²) < 4.78 is 39.3. The maximum Gasteiger partial charge on any atom is 0.194 e. The monoisotopic (exact) mass is 320 g/mol. The molecule has 0 bridgehead atoms. The Balaban J connectivity index is 2.25. The molecule has 1 atom stereocenters. The first-order valence-corrected chi connectivity index (χ1v) is 6.69. The van der Waals surface area contributed by atoms with E-state index in [1.165, 1.54) is 17.4 Å². The molecule has 0 nitrogen and oxygen atoms in total. The highest BCUT2D eigenvalue weighted by Gasteiger charge is 2.19. The van der Waals surface area contributed by atoms with E-state index in [1.54, 1.807) is 0 Å². The SMILES string of the molecule is Fc1ccc(C(Br)Cc2cccs2)c(F)c1F. The van der Waals surface area contributed by atoms with Gasteiger partial charge in [-0.15, -0.1) is 11.3 Å². The summed E-state index contributed by atoms with van der Waals surface area (Å²) in [5.74, 6) is -3.70. The molecular formula is C12H8BrF3S. The molecule has 0 saturated heterocycles. The zero-order chi connectivity index (χ0) is 12.4. The van der Waals surface area contributed by atoms with E-state index in [4.69, 9.17) is 0 Å². The maximum absolute atomic E-state index is 13.5. The predicted molar refractivity (Wildman–Crippen MR) is 66.0 cm³/mol. The lowest BCUT2D eigenvalue weighted by molar-refractivity contribution is 0.440. The van der Waals surface area contributed by atoms with Crippen LogP contribution in [0.3, 0.4) is 0 Å². The molecule has 1 heterocycles. The van der Waals surface area contributed by atoms with Crippen LogP contribution in [-0.4, -0.2) is 0 Å². The minimum absolute atomic E-state index is 0.136. The lowest BCUT2D eigenvalue weighted by Crippen LogP contribution is -2.01. The van der Waals surface area contributed by atoms with Crippen LogP contribution in [0.2, 0.25) is 0 Å². The summed E-state index contributed by atoms with van der Waals surface area (Å²) in [4.78, 5) is 0.687. The average molecular weight is 321 g/mol. The first-order chi connectivity index (χ1) is 8.09.